The summed E-state index contributed by atoms with van der Waals surface area (Å²) in [7, 11) is 0. The molecule has 1 aliphatic heterocycles. The molecule has 0 spiro atoms. The van der Waals surface area contributed by atoms with Crippen LogP contribution in [0.3, 0.4) is 0 Å². The molecule has 2 heterocycles. The molecule has 1 unspecified atom stereocenters. The first-order valence-electron chi connectivity index (χ1n) is 8.36. The van der Waals surface area contributed by atoms with Gasteiger partial charge in [0.15, 0.2) is 0 Å². The molecule has 2 amide bonds. The molecule has 2 rings (SSSR count). The summed E-state index contributed by atoms with van der Waals surface area (Å²) in [5.74, 6) is 0.718. The van der Waals surface area contributed by atoms with Gasteiger partial charge in [-0.1, -0.05) is 5.16 Å². The Morgan fingerprint density at radius 1 is 1.38 bits per heavy atom. The van der Waals surface area contributed by atoms with Crippen LogP contribution < -0.4 is 5.32 Å². The number of piperidine rings is 1. The Morgan fingerprint density at radius 2 is 2.08 bits per heavy atom. The third-order valence-corrected chi connectivity index (χ3v) is 3.99. The lowest BCUT2D eigenvalue weighted by atomic mass is 9.97. The highest BCUT2D eigenvalue weighted by atomic mass is 16.6. The van der Waals surface area contributed by atoms with Crippen LogP contribution in [-0.4, -0.2) is 47.3 Å². The lowest BCUT2D eigenvalue weighted by Crippen LogP contribution is -2.44. The number of nitrogens with zero attached hydrogens (tertiary/aromatic N) is 2. The zero-order valence-corrected chi connectivity index (χ0v) is 15.1. The van der Waals surface area contributed by atoms with Crippen LogP contribution >= 0.6 is 0 Å². The van der Waals surface area contributed by atoms with E-state index >= 15 is 0 Å². The van der Waals surface area contributed by atoms with E-state index < -0.39 is 11.7 Å². The largest absolute Gasteiger partial charge is 0.444 e. The topological polar surface area (TPSA) is 84.7 Å². The summed E-state index contributed by atoms with van der Waals surface area (Å²) in [5.41, 5.74) is 0.657. The number of rotatable bonds is 3. The summed E-state index contributed by atoms with van der Waals surface area (Å²) >= 11 is 0. The highest BCUT2D eigenvalue weighted by Gasteiger charge is 2.28. The zero-order valence-electron chi connectivity index (χ0n) is 15.1. The number of alkyl carbamates (subject to hydrolysis) is 1. The van der Waals surface area contributed by atoms with Gasteiger partial charge in [-0.2, -0.15) is 0 Å². The fourth-order valence-corrected chi connectivity index (χ4v) is 2.90. The van der Waals surface area contributed by atoms with Crippen molar-refractivity contribution in [3.05, 3.63) is 17.0 Å². The van der Waals surface area contributed by atoms with E-state index in [0.717, 1.165) is 12.8 Å². The van der Waals surface area contributed by atoms with E-state index in [1.54, 1.807) is 13.8 Å². The molecule has 0 radical (unpaired) electrons. The van der Waals surface area contributed by atoms with Crippen molar-refractivity contribution in [1.82, 2.24) is 15.4 Å². The fraction of sp³-hybridized carbons (Fsp3) is 0.706. The molecule has 1 aliphatic rings. The lowest BCUT2D eigenvalue weighted by molar-refractivity contribution is 0.0502. The van der Waals surface area contributed by atoms with Crippen molar-refractivity contribution in [2.45, 2.75) is 53.1 Å². The molecule has 0 saturated carbocycles. The van der Waals surface area contributed by atoms with Crippen molar-refractivity contribution in [2.75, 3.05) is 19.6 Å². The minimum Gasteiger partial charge on any atom is -0.444 e. The number of amides is 2. The molecule has 134 valence electrons. The van der Waals surface area contributed by atoms with Crippen molar-refractivity contribution in [1.29, 1.82) is 0 Å². The van der Waals surface area contributed by atoms with Crippen LogP contribution in [0.1, 0.15) is 55.4 Å². The maximum Gasteiger partial charge on any atom is 0.407 e. The standard InChI is InChI=1S/C17H27N3O4/c1-11-14(12(2)24-19-11)15(21)20-8-6-7-13(10-20)9-18-16(22)23-17(3,4)5/h13H,6-10H2,1-5H3,(H,18,22). The third-order valence-electron chi connectivity index (χ3n) is 3.99. The highest BCUT2D eigenvalue weighted by Crippen LogP contribution is 2.21. The zero-order chi connectivity index (χ0) is 17.9. The summed E-state index contributed by atoms with van der Waals surface area (Å²) in [6.45, 7) is 10.8. The maximum absolute atomic E-state index is 12.7. The smallest absolute Gasteiger partial charge is 0.407 e. The number of nitrogens with one attached hydrogen (secondary N) is 1. The predicted molar refractivity (Wildman–Crippen MR) is 88.8 cm³/mol. The van der Waals surface area contributed by atoms with Crippen molar-refractivity contribution < 1.29 is 18.8 Å². The Bertz CT molecular complexity index is 584. The molecule has 7 heteroatoms. The Kier molecular flexibility index (Phi) is 5.51. The molecule has 1 aromatic heterocycles. The first-order valence-corrected chi connectivity index (χ1v) is 8.36. The Morgan fingerprint density at radius 3 is 2.67 bits per heavy atom. The van der Waals surface area contributed by atoms with Crippen molar-refractivity contribution in [2.24, 2.45) is 5.92 Å². The third kappa shape index (κ3) is 4.72. The van der Waals surface area contributed by atoms with Gasteiger partial charge in [0.25, 0.3) is 5.91 Å². The summed E-state index contributed by atoms with van der Waals surface area (Å²) in [6.07, 6.45) is 1.47. The number of hydrogen-bond acceptors (Lipinski definition) is 5. The quantitative estimate of drug-likeness (QED) is 0.916. The fourth-order valence-electron chi connectivity index (χ4n) is 2.90. The maximum atomic E-state index is 12.7. The van der Waals surface area contributed by atoms with Gasteiger partial charge in [-0.15, -0.1) is 0 Å². The van der Waals surface area contributed by atoms with E-state index in [0.29, 0.717) is 36.7 Å². The molecular weight excluding hydrogens is 310 g/mol. The summed E-state index contributed by atoms with van der Waals surface area (Å²) in [5, 5.41) is 6.64. The molecule has 0 bridgehead atoms. The molecule has 7 nitrogen and oxygen atoms in total. The SMILES string of the molecule is Cc1noc(C)c1C(=O)N1CCCC(CNC(=O)OC(C)(C)C)C1. The number of carbonyl (C=O) groups is 2. The Balaban J connectivity index is 1.90. The first-order chi connectivity index (χ1) is 11.2. The number of carbonyl (C=O) groups excluding carboxylic acids is 2. The molecule has 0 aromatic carbocycles. The van der Waals surface area contributed by atoms with Crippen molar-refractivity contribution in [3.8, 4) is 0 Å². The molecule has 1 N–H and O–H groups in total. The Hall–Kier alpha value is -2.05. The minimum absolute atomic E-state index is 0.0479. The van der Waals surface area contributed by atoms with Gasteiger partial charge in [-0.3, -0.25) is 4.79 Å². The number of ether oxygens (including phenoxy) is 1. The highest BCUT2D eigenvalue weighted by molar-refractivity contribution is 5.96. The molecule has 1 fully saturated rings. The molecule has 24 heavy (non-hydrogen) atoms. The monoisotopic (exact) mass is 337 g/mol. The normalized spacial score (nSPS) is 18.4. The van der Waals surface area contributed by atoms with Crippen LogP contribution in [0.2, 0.25) is 0 Å². The van der Waals surface area contributed by atoms with E-state index in [2.05, 4.69) is 10.5 Å². The van der Waals surface area contributed by atoms with Crippen LogP contribution in [0.4, 0.5) is 4.79 Å². The summed E-state index contributed by atoms with van der Waals surface area (Å²) in [4.78, 5) is 26.3. The van der Waals surface area contributed by atoms with Crippen LogP contribution in [0.25, 0.3) is 0 Å². The minimum atomic E-state index is -0.512. The number of hydrogen-bond donors (Lipinski definition) is 1. The summed E-state index contributed by atoms with van der Waals surface area (Å²) < 4.78 is 10.3. The van der Waals surface area contributed by atoms with Gasteiger partial charge in [-0.05, 0) is 53.4 Å². The van der Waals surface area contributed by atoms with Gasteiger partial charge < -0.3 is 19.5 Å². The van der Waals surface area contributed by atoms with Gasteiger partial charge >= 0.3 is 6.09 Å². The lowest BCUT2D eigenvalue weighted by Gasteiger charge is -2.33. The van der Waals surface area contributed by atoms with E-state index in [-0.39, 0.29) is 11.8 Å². The van der Waals surface area contributed by atoms with Crippen LogP contribution in [0.15, 0.2) is 4.52 Å². The van der Waals surface area contributed by atoms with Crippen molar-refractivity contribution >= 4 is 12.0 Å². The van der Waals surface area contributed by atoms with E-state index in [1.807, 2.05) is 25.7 Å². The molecule has 0 aliphatic carbocycles. The molecule has 1 atom stereocenters. The number of aromatic nitrogens is 1. The van der Waals surface area contributed by atoms with E-state index in [1.165, 1.54) is 0 Å². The average molecular weight is 337 g/mol. The van der Waals surface area contributed by atoms with Gasteiger partial charge in [-0.25, -0.2) is 4.79 Å². The summed E-state index contributed by atoms with van der Waals surface area (Å²) in [6, 6.07) is 0. The second-order valence-electron chi connectivity index (χ2n) is 7.34. The molecule has 1 saturated heterocycles. The van der Waals surface area contributed by atoms with Crippen LogP contribution in [-0.2, 0) is 4.74 Å². The van der Waals surface area contributed by atoms with Crippen LogP contribution in [0, 0.1) is 19.8 Å². The Labute approximate surface area is 142 Å². The number of aryl methyl sites for hydroxylation is 2. The second kappa shape index (κ2) is 7.23. The van der Waals surface area contributed by atoms with E-state index in [9.17, 15) is 9.59 Å². The molecule has 1 aromatic rings. The van der Waals surface area contributed by atoms with Gasteiger partial charge in [0.1, 0.15) is 16.9 Å². The molecular formula is C17H27N3O4. The predicted octanol–water partition coefficient (Wildman–Crippen LogP) is 2.67. The van der Waals surface area contributed by atoms with Crippen LogP contribution in [0.5, 0.6) is 0 Å². The van der Waals surface area contributed by atoms with Crippen molar-refractivity contribution in [3.63, 3.8) is 0 Å². The van der Waals surface area contributed by atoms with Gasteiger partial charge in [0.05, 0.1) is 5.69 Å². The van der Waals surface area contributed by atoms with Gasteiger partial charge in [0, 0.05) is 19.6 Å². The van der Waals surface area contributed by atoms with E-state index in [4.69, 9.17) is 9.26 Å². The average Bonchev–Trinajstić information content (AvgIpc) is 2.82. The second-order valence-corrected chi connectivity index (χ2v) is 7.34. The number of likely N-dealkylation sites (tertiary alicyclic amines) is 1. The van der Waals surface area contributed by atoms with Gasteiger partial charge in [0.2, 0.25) is 0 Å². The first kappa shape index (κ1) is 18.3.